The molecule has 1 aliphatic rings. The summed E-state index contributed by atoms with van der Waals surface area (Å²) in [6.07, 6.45) is 4.84. The second kappa shape index (κ2) is 4.19. The Morgan fingerprint density at radius 1 is 1.43 bits per heavy atom. The maximum atomic E-state index is 6.16. The summed E-state index contributed by atoms with van der Waals surface area (Å²) in [4.78, 5) is 0. The zero-order chi connectivity index (χ0) is 10.8. The first-order valence-electron chi connectivity index (χ1n) is 5.77. The van der Waals surface area contributed by atoms with Gasteiger partial charge in [0, 0.05) is 6.54 Å². The molecule has 14 heavy (non-hydrogen) atoms. The Labute approximate surface area is 88.2 Å². The SMILES string of the molecule is CC1CCCC(CN)(OC(C)(C)C)C1. The molecule has 0 amide bonds. The first-order valence-corrected chi connectivity index (χ1v) is 5.77. The first kappa shape index (κ1) is 12.0. The normalized spacial score (nSPS) is 34.5. The summed E-state index contributed by atoms with van der Waals surface area (Å²) < 4.78 is 6.16. The number of hydrogen-bond donors (Lipinski definition) is 1. The molecule has 0 radical (unpaired) electrons. The van der Waals surface area contributed by atoms with Crippen LogP contribution in [0.4, 0.5) is 0 Å². The van der Waals surface area contributed by atoms with Crippen molar-refractivity contribution in [1.82, 2.24) is 0 Å². The van der Waals surface area contributed by atoms with Crippen LogP contribution in [0.3, 0.4) is 0 Å². The lowest BCUT2D eigenvalue weighted by molar-refractivity contribution is -0.149. The fourth-order valence-electron chi connectivity index (χ4n) is 2.58. The average Bonchev–Trinajstić information content (AvgIpc) is 2.01. The van der Waals surface area contributed by atoms with E-state index in [1.807, 2.05) is 0 Å². The average molecular weight is 199 g/mol. The van der Waals surface area contributed by atoms with Gasteiger partial charge in [-0.15, -0.1) is 0 Å². The molecule has 0 heterocycles. The van der Waals surface area contributed by atoms with E-state index < -0.39 is 0 Å². The molecule has 2 atom stereocenters. The Hall–Kier alpha value is -0.0800. The molecule has 0 aromatic carbocycles. The molecule has 1 saturated carbocycles. The maximum absolute atomic E-state index is 6.16. The Morgan fingerprint density at radius 2 is 2.07 bits per heavy atom. The molecule has 2 heteroatoms. The van der Waals surface area contributed by atoms with Crippen LogP contribution in [0, 0.1) is 5.92 Å². The van der Waals surface area contributed by atoms with Gasteiger partial charge in [-0.2, -0.15) is 0 Å². The van der Waals surface area contributed by atoms with Gasteiger partial charge in [0.05, 0.1) is 11.2 Å². The lowest BCUT2D eigenvalue weighted by Crippen LogP contribution is -2.48. The van der Waals surface area contributed by atoms with Crippen molar-refractivity contribution in [2.75, 3.05) is 6.54 Å². The fourth-order valence-corrected chi connectivity index (χ4v) is 2.58. The van der Waals surface area contributed by atoms with E-state index in [1.54, 1.807) is 0 Å². The predicted octanol–water partition coefficient (Wildman–Crippen LogP) is 2.71. The van der Waals surface area contributed by atoms with Crippen LogP contribution in [0.1, 0.15) is 53.4 Å². The van der Waals surface area contributed by atoms with Crippen LogP contribution in [0.25, 0.3) is 0 Å². The zero-order valence-electron chi connectivity index (χ0n) is 10.1. The van der Waals surface area contributed by atoms with E-state index in [9.17, 15) is 0 Å². The Balaban J connectivity index is 2.65. The van der Waals surface area contributed by atoms with E-state index in [0.29, 0.717) is 6.54 Å². The molecule has 2 unspecified atom stereocenters. The summed E-state index contributed by atoms with van der Waals surface area (Å²) >= 11 is 0. The van der Waals surface area contributed by atoms with Gasteiger partial charge < -0.3 is 10.5 Å². The van der Waals surface area contributed by atoms with Crippen LogP contribution in [0.5, 0.6) is 0 Å². The summed E-state index contributed by atoms with van der Waals surface area (Å²) in [5, 5.41) is 0. The van der Waals surface area contributed by atoms with Gasteiger partial charge >= 0.3 is 0 Å². The van der Waals surface area contributed by atoms with E-state index >= 15 is 0 Å². The predicted molar refractivity (Wildman–Crippen MR) is 60.3 cm³/mol. The van der Waals surface area contributed by atoms with E-state index in [-0.39, 0.29) is 11.2 Å². The highest BCUT2D eigenvalue weighted by Crippen LogP contribution is 2.37. The molecule has 2 nitrogen and oxygen atoms in total. The van der Waals surface area contributed by atoms with Gasteiger partial charge in [-0.1, -0.05) is 19.8 Å². The van der Waals surface area contributed by atoms with Crippen molar-refractivity contribution in [3.63, 3.8) is 0 Å². The highest BCUT2D eigenvalue weighted by molar-refractivity contribution is 4.90. The highest BCUT2D eigenvalue weighted by atomic mass is 16.5. The molecule has 0 saturated heterocycles. The lowest BCUT2D eigenvalue weighted by Gasteiger charge is -2.43. The Bertz CT molecular complexity index is 185. The molecule has 1 rings (SSSR count). The number of rotatable bonds is 2. The van der Waals surface area contributed by atoms with Gasteiger partial charge in [-0.05, 0) is 39.5 Å². The highest BCUT2D eigenvalue weighted by Gasteiger charge is 2.37. The molecule has 0 bridgehead atoms. The van der Waals surface area contributed by atoms with Crippen LogP contribution >= 0.6 is 0 Å². The molecule has 1 fully saturated rings. The van der Waals surface area contributed by atoms with Gasteiger partial charge in [0.2, 0.25) is 0 Å². The van der Waals surface area contributed by atoms with E-state index in [2.05, 4.69) is 27.7 Å². The number of nitrogens with two attached hydrogens (primary N) is 1. The van der Waals surface area contributed by atoms with Gasteiger partial charge in [0.1, 0.15) is 0 Å². The smallest absolute Gasteiger partial charge is 0.0813 e. The van der Waals surface area contributed by atoms with Crippen molar-refractivity contribution in [2.24, 2.45) is 11.7 Å². The van der Waals surface area contributed by atoms with E-state index in [1.165, 1.54) is 12.8 Å². The minimum atomic E-state index is -0.0730. The van der Waals surface area contributed by atoms with E-state index in [0.717, 1.165) is 18.8 Å². The maximum Gasteiger partial charge on any atom is 0.0813 e. The molecule has 84 valence electrons. The molecular formula is C12H25NO. The standard InChI is InChI=1S/C12H25NO/c1-10-6-5-7-12(8-10,9-13)14-11(2,3)4/h10H,5-9,13H2,1-4H3. The van der Waals surface area contributed by atoms with Crippen LogP contribution in [0.2, 0.25) is 0 Å². The minimum absolute atomic E-state index is 0.0457. The quantitative estimate of drug-likeness (QED) is 0.742. The summed E-state index contributed by atoms with van der Waals surface area (Å²) in [5.74, 6) is 0.759. The summed E-state index contributed by atoms with van der Waals surface area (Å²) in [6.45, 7) is 9.31. The third kappa shape index (κ3) is 3.25. The second-order valence-electron chi connectivity index (χ2n) is 5.80. The molecule has 1 aliphatic carbocycles. The third-order valence-corrected chi connectivity index (χ3v) is 2.94. The third-order valence-electron chi connectivity index (χ3n) is 2.94. The van der Waals surface area contributed by atoms with E-state index in [4.69, 9.17) is 10.5 Å². The molecule has 0 aromatic rings. The largest absolute Gasteiger partial charge is 0.368 e. The van der Waals surface area contributed by atoms with Crippen LogP contribution < -0.4 is 5.73 Å². The van der Waals surface area contributed by atoms with Crippen LogP contribution in [-0.2, 0) is 4.74 Å². The van der Waals surface area contributed by atoms with Crippen molar-refractivity contribution in [1.29, 1.82) is 0 Å². The van der Waals surface area contributed by atoms with Crippen molar-refractivity contribution in [3.8, 4) is 0 Å². The van der Waals surface area contributed by atoms with Gasteiger partial charge in [-0.3, -0.25) is 0 Å². The molecule has 0 spiro atoms. The monoisotopic (exact) mass is 199 g/mol. The summed E-state index contributed by atoms with van der Waals surface area (Å²) in [7, 11) is 0. The second-order valence-corrected chi connectivity index (χ2v) is 5.80. The molecule has 0 aliphatic heterocycles. The van der Waals surface area contributed by atoms with Crippen molar-refractivity contribution < 1.29 is 4.74 Å². The van der Waals surface area contributed by atoms with Crippen LogP contribution in [-0.4, -0.2) is 17.7 Å². The Morgan fingerprint density at radius 3 is 2.50 bits per heavy atom. The Kier molecular flexibility index (Phi) is 3.59. The van der Waals surface area contributed by atoms with Crippen molar-refractivity contribution in [2.45, 2.75) is 64.6 Å². The summed E-state index contributed by atoms with van der Waals surface area (Å²) in [6, 6.07) is 0. The minimum Gasteiger partial charge on any atom is -0.368 e. The summed E-state index contributed by atoms with van der Waals surface area (Å²) in [5.41, 5.74) is 5.76. The van der Waals surface area contributed by atoms with Crippen LogP contribution in [0.15, 0.2) is 0 Å². The number of ether oxygens (including phenoxy) is 1. The number of hydrogen-bond acceptors (Lipinski definition) is 2. The van der Waals surface area contributed by atoms with Crippen molar-refractivity contribution >= 4 is 0 Å². The van der Waals surface area contributed by atoms with Gasteiger partial charge in [-0.25, -0.2) is 0 Å². The molecule has 2 N–H and O–H groups in total. The zero-order valence-corrected chi connectivity index (χ0v) is 10.1. The van der Waals surface area contributed by atoms with Gasteiger partial charge in [0.25, 0.3) is 0 Å². The molecular weight excluding hydrogens is 174 g/mol. The first-order chi connectivity index (χ1) is 6.37. The van der Waals surface area contributed by atoms with Crippen molar-refractivity contribution in [3.05, 3.63) is 0 Å². The van der Waals surface area contributed by atoms with Gasteiger partial charge in [0.15, 0.2) is 0 Å². The lowest BCUT2D eigenvalue weighted by atomic mass is 9.78. The molecule has 0 aromatic heterocycles. The fraction of sp³-hybridized carbons (Fsp3) is 1.00. The topological polar surface area (TPSA) is 35.2 Å².